The highest BCUT2D eigenvalue weighted by Crippen LogP contribution is 2.16. The first kappa shape index (κ1) is 9.33. The molecule has 1 N–H and O–H groups in total. The van der Waals surface area contributed by atoms with Crippen molar-refractivity contribution >= 4 is 5.82 Å². The molecule has 0 unspecified atom stereocenters. The second-order valence-electron chi connectivity index (χ2n) is 3.20. The van der Waals surface area contributed by atoms with Crippen LogP contribution < -0.4 is 10.2 Å². The summed E-state index contributed by atoms with van der Waals surface area (Å²) in [6, 6.07) is 0.865. The zero-order chi connectivity index (χ0) is 9.97. The van der Waals surface area contributed by atoms with Gasteiger partial charge in [0.15, 0.2) is 11.6 Å². The molecule has 0 radical (unpaired) electrons. The summed E-state index contributed by atoms with van der Waals surface area (Å²) < 4.78 is 25.9. The minimum atomic E-state index is -0.638. The summed E-state index contributed by atoms with van der Waals surface area (Å²) in [6.07, 6.45) is 1.04. The van der Waals surface area contributed by atoms with Gasteiger partial charge in [-0.2, -0.15) is 0 Å². The molecule has 0 spiro atoms. The smallest absolute Gasteiger partial charge is 0.168 e. The second-order valence-corrected chi connectivity index (χ2v) is 3.20. The topological polar surface area (TPSA) is 28.2 Å². The molecule has 1 aliphatic rings. The van der Waals surface area contributed by atoms with Crippen molar-refractivity contribution < 1.29 is 8.78 Å². The molecule has 0 amide bonds. The van der Waals surface area contributed by atoms with Gasteiger partial charge in [0.2, 0.25) is 0 Å². The molecule has 1 aromatic rings. The van der Waals surface area contributed by atoms with E-state index in [2.05, 4.69) is 10.3 Å². The van der Waals surface area contributed by atoms with Crippen LogP contribution in [0.15, 0.2) is 12.3 Å². The van der Waals surface area contributed by atoms with E-state index < -0.39 is 11.6 Å². The van der Waals surface area contributed by atoms with Crippen LogP contribution >= 0.6 is 0 Å². The lowest BCUT2D eigenvalue weighted by atomic mass is 10.3. The first-order valence-corrected chi connectivity index (χ1v) is 4.54. The van der Waals surface area contributed by atoms with Gasteiger partial charge in [0.1, 0.15) is 5.82 Å². The summed E-state index contributed by atoms with van der Waals surface area (Å²) in [5.41, 5.74) is 0. The van der Waals surface area contributed by atoms with Crippen LogP contribution in [0, 0.1) is 11.6 Å². The summed E-state index contributed by atoms with van der Waals surface area (Å²) in [5, 5.41) is 3.15. The van der Waals surface area contributed by atoms with Gasteiger partial charge in [0.05, 0.1) is 6.20 Å². The van der Waals surface area contributed by atoms with Gasteiger partial charge in [-0.1, -0.05) is 0 Å². The van der Waals surface area contributed by atoms with Crippen molar-refractivity contribution in [3.63, 3.8) is 0 Å². The largest absolute Gasteiger partial charge is 0.352 e. The fourth-order valence-corrected chi connectivity index (χ4v) is 1.52. The Hall–Kier alpha value is -1.23. The van der Waals surface area contributed by atoms with Crippen LogP contribution in [0.1, 0.15) is 0 Å². The maximum atomic E-state index is 13.3. The van der Waals surface area contributed by atoms with Crippen molar-refractivity contribution in [1.29, 1.82) is 0 Å². The molecule has 0 saturated carbocycles. The van der Waals surface area contributed by atoms with E-state index in [-0.39, 0.29) is 5.82 Å². The van der Waals surface area contributed by atoms with Gasteiger partial charge in [0.25, 0.3) is 0 Å². The van der Waals surface area contributed by atoms with E-state index >= 15 is 0 Å². The Kier molecular flexibility index (Phi) is 2.58. The highest BCUT2D eigenvalue weighted by atomic mass is 19.1. The number of piperazine rings is 1. The van der Waals surface area contributed by atoms with E-state index in [1.54, 1.807) is 0 Å². The number of nitrogens with zero attached hydrogens (tertiary/aromatic N) is 2. The summed E-state index contributed by atoms with van der Waals surface area (Å²) >= 11 is 0. The van der Waals surface area contributed by atoms with Crippen LogP contribution in [-0.4, -0.2) is 31.2 Å². The van der Waals surface area contributed by atoms with E-state index in [1.807, 2.05) is 4.90 Å². The fraction of sp³-hybridized carbons (Fsp3) is 0.444. The molecule has 76 valence electrons. The Morgan fingerprint density at radius 2 is 2.00 bits per heavy atom. The van der Waals surface area contributed by atoms with E-state index in [1.165, 1.54) is 0 Å². The van der Waals surface area contributed by atoms with E-state index in [0.29, 0.717) is 13.1 Å². The van der Waals surface area contributed by atoms with Crippen LogP contribution in [-0.2, 0) is 0 Å². The Morgan fingerprint density at radius 1 is 1.29 bits per heavy atom. The van der Waals surface area contributed by atoms with E-state index in [4.69, 9.17) is 0 Å². The molecule has 2 rings (SSSR count). The number of halogens is 2. The minimum Gasteiger partial charge on any atom is -0.352 e. The Labute approximate surface area is 80.7 Å². The average Bonchev–Trinajstić information content (AvgIpc) is 2.19. The number of hydrogen-bond acceptors (Lipinski definition) is 3. The highest BCUT2D eigenvalue weighted by Gasteiger charge is 2.15. The van der Waals surface area contributed by atoms with Crippen molar-refractivity contribution in [1.82, 2.24) is 10.3 Å². The van der Waals surface area contributed by atoms with Gasteiger partial charge in [-0.05, 0) is 0 Å². The predicted molar refractivity (Wildman–Crippen MR) is 49.2 cm³/mol. The zero-order valence-corrected chi connectivity index (χ0v) is 7.63. The van der Waals surface area contributed by atoms with Crippen LogP contribution in [0.25, 0.3) is 0 Å². The third-order valence-corrected chi connectivity index (χ3v) is 2.20. The Balaban J connectivity index is 2.22. The average molecular weight is 199 g/mol. The molecule has 1 aliphatic heterocycles. The number of rotatable bonds is 1. The molecule has 1 aromatic heterocycles. The summed E-state index contributed by atoms with van der Waals surface area (Å²) in [4.78, 5) is 5.56. The van der Waals surface area contributed by atoms with Gasteiger partial charge in [-0.25, -0.2) is 13.8 Å². The summed E-state index contributed by atoms with van der Waals surface area (Å²) in [7, 11) is 0. The van der Waals surface area contributed by atoms with Crippen LogP contribution in [0.2, 0.25) is 0 Å². The Bertz CT molecular complexity index is 324. The first-order chi connectivity index (χ1) is 6.77. The van der Waals surface area contributed by atoms with Crippen LogP contribution in [0.5, 0.6) is 0 Å². The molecule has 0 aliphatic carbocycles. The lowest BCUT2D eigenvalue weighted by molar-refractivity contribution is 0.543. The van der Waals surface area contributed by atoms with Gasteiger partial charge >= 0.3 is 0 Å². The molecule has 1 saturated heterocycles. The third kappa shape index (κ3) is 1.82. The van der Waals surface area contributed by atoms with Crippen molar-refractivity contribution in [3.05, 3.63) is 23.9 Å². The number of anilines is 1. The molecule has 0 atom stereocenters. The predicted octanol–water partition coefficient (Wildman–Crippen LogP) is 0.769. The van der Waals surface area contributed by atoms with E-state index in [0.717, 1.165) is 25.4 Å². The lowest BCUT2D eigenvalue weighted by Gasteiger charge is -2.28. The molecule has 0 bridgehead atoms. The van der Waals surface area contributed by atoms with Crippen molar-refractivity contribution in [3.8, 4) is 0 Å². The number of hydrogen-bond donors (Lipinski definition) is 1. The van der Waals surface area contributed by atoms with Gasteiger partial charge < -0.3 is 10.2 Å². The third-order valence-electron chi connectivity index (χ3n) is 2.20. The van der Waals surface area contributed by atoms with Crippen molar-refractivity contribution in [2.45, 2.75) is 0 Å². The number of nitrogens with one attached hydrogen (secondary N) is 1. The standard InChI is InChI=1S/C9H11F2N3/c10-7-5-8(11)9(13-6-7)14-3-1-12-2-4-14/h5-6,12H,1-4H2. The number of pyridine rings is 1. The Morgan fingerprint density at radius 3 is 2.64 bits per heavy atom. The quantitative estimate of drug-likeness (QED) is 0.724. The molecular weight excluding hydrogens is 188 g/mol. The van der Waals surface area contributed by atoms with Gasteiger partial charge in [-0.15, -0.1) is 0 Å². The lowest BCUT2D eigenvalue weighted by Crippen LogP contribution is -2.44. The first-order valence-electron chi connectivity index (χ1n) is 4.54. The monoisotopic (exact) mass is 199 g/mol. The van der Waals surface area contributed by atoms with Crippen molar-refractivity contribution in [2.75, 3.05) is 31.1 Å². The van der Waals surface area contributed by atoms with Crippen molar-refractivity contribution in [2.24, 2.45) is 0 Å². The fourth-order valence-electron chi connectivity index (χ4n) is 1.52. The maximum Gasteiger partial charge on any atom is 0.168 e. The molecular formula is C9H11F2N3. The molecule has 14 heavy (non-hydrogen) atoms. The second kappa shape index (κ2) is 3.88. The summed E-state index contributed by atoms with van der Waals surface area (Å²) in [6.45, 7) is 3.02. The summed E-state index contributed by atoms with van der Waals surface area (Å²) in [5.74, 6) is -0.985. The molecule has 0 aromatic carbocycles. The minimum absolute atomic E-state index is 0.243. The van der Waals surface area contributed by atoms with Crippen LogP contribution in [0.3, 0.4) is 0 Å². The molecule has 3 nitrogen and oxygen atoms in total. The maximum absolute atomic E-state index is 13.3. The van der Waals surface area contributed by atoms with E-state index in [9.17, 15) is 8.78 Å². The number of aromatic nitrogens is 1. The normalized spacial score (nSPS) is 17.1. The highest BCUT2D eigenvalue weighted by molar-refractivity contribution is 5.40. The van der Waals surface area contributed by atoms with Crippen LogP contribution in [0.4, 0.5) is 14.6 Å². The molecule has 5 heteroatoms. The molecule has 1 fully saturated rings. The molecule has 2 heterocycles. The zero-order valence-electron chi connectivity index (χ0n) is 7.63. The van der Waals surface area contributed by atoms with Gasteiger partial charge in [0, 0.05) is 32.2 Å². The van der Waals surface area contributed by atoms with Gasteiger partial charge in [-0.3, -0.25) is 0 Å². The SMILES string of the molecule is Fc1cnc(N2CCNCC2)c(F)c1.